The SMILES string of the molecule is COc1ccc(CNc2nc(N3CCC[C@H]3CO)ncc2C(=O)Nc2c(C)nn(C)c2C)cc1Cl. The predicted octanol–water partition coefficient (Wildman–Crippen LogP) is 3.31. The number of nitrogens with one attached hydrogen (secondary N) is 2. The minimum absolute atomic E-state index is 0.0261. The average Bonchev–Trinajstić information content (AvgIpc) is 3.42. The van der Waals surface area contributed by atoms with Gasteiger partial charge in [-0.1, -0.05) is 17.7 Å². The molecule has 0 spiro atoms. The zero-order valence-corrected chi connectivity index (χ0v) is 21.1. The number of ether oxygens (including phenoxy) is 1. The highest BCUT2D eigenvalue weighted by molar-refractivity contribution is 6.32. The van der Waals surface area contributed by atoms with E-state index >= 15 is 0 Å². The zero-order chi connectivity index (χ0) is 25.1. The molecule has 186 valence electrons. The highest BCUT2D eigenvalue weighted by Crippen LogP contribution is 2.28. The van der Waals surface area contributed by atoms with Gasteiger partial charge in [-0.05, 0) is 44.4 Å². The van der Waals surface area contributed by atoms with Gasteiger partial charge in [0.05, 0.1) is 41.9 Å². The molecule has 0 bridgehead atoms. The summed E-state index contributed by atoms with van der Waals surface area (Å²) in [6.07, 6.45) is 3.34. The van der Waals surface area contributed by atoms with Gasteiger partial charge in [0.1, 0.15) is 17.1 Å². The monoisotopic (exact) mass is 499 g/mol. The number of anilines is 3. The van der Waals surface area contributed by atoms with E-state index in [2.05, 4.69) is 20.7 Å². The summed E-state index contributed by atoms with van der Waals surface area (Å²) >= 11 is 6.28. The molecule has 3 heterocycles. The summed E-state index contributed by atoms with van der Waals surface area (Å²) in [6, 6.07) is 5.45. The zero-order valence-electron chi connectivity index (χ0n) is 20.3. The lowest BCUT2D eigenvalue weighted by Gasteiger charge is -2.24. The van der Waals surface area contributed by atoms with Crippen LogP contribution in [0, 0.1) is 13.8 Å². The predicted molar refractivity (Wildman–Crippen MR) is 135 cm³/mol. The van der Waals surface area contributed by atoms with Crippen LogP contribution in [0.4, 0.5) is 17.5 Å². The van der Waals surface area contributed by atoms with Crippen LogP contribution in [0.25, 0.3) is 0 Å². The average molecular weight is 500 g/mol. The van der Waals surface area contributed by atoms with Crippen molar-refractivity contribution < 1.29 is 14.6 Å². The van der Waals surface area contributed by atoms with Crippen molar-refractivity contribution in [2.45, 2.75) is 39.3 Å². The molecule has 3 N–H and O–H groups in total. The normalized spacial score (nSPS) is 15.4. The van der Waals surface area contributed by atoms with Crippen molar-refractivity contribution in [1.29, 1.82) is 0 Å². The molecule has 1 atom stereocenters. The second-order valence-electron chi connectivity index (χ2n) is 8.55. The Balaban J connectivity index is 1.64. The number of aromatic nitrogens is 4. The Bertz CT molecular complexity index is 1230. The molecule has 35 heavy (non-hydrogen) atoms. The fraction of sp³-hybridized carbons (Fsp3) is 0.417. The number of hydrogen-bond donors (Lipinski definition) is 3. The largest absolute Gasteiger partial charge is 0.495 e. The van der Waals surface area contributed by atoms with Crippen LogP contribution in [-0.4, -0.2) is 57.1 Å². The van der Waals surface area contributed by atoms with Crippen LogP contribution >= 0.6 is 11.6 Å². The molecular formula is C24H30ClN7O3. The number of methoxy groups -OCH3 is 1. The van der Waals surface area contributed by atoms with E-state index in [9.17, 15) is 9.90 Å². The summed E-state index contributed by atoms with van der Waals surface area (Å²) in [4.78, 5) is 24.4. The van der Waals surface area contributed by atoms with Gasteiger partial charge in [-0.25, -0.2) is 4.98 Å². The second-order valence-corrected chi connectivity index (χ2v) is 8.96. The standard InChI is InChI=1S/C24H30ClN7O3/c1-14-21(15(2)31(3)30-14)28-23(34)18-12-27-24(32-9-5-6-17(32)13-33)29-22(18)26-11-16-7-8-20(35-4)19(25)10-16/h7-8,10,12,17,33H,5-6,9,11,13H2,1-4H3,(H,28,34)(H,26,27,29)/t17-/m0/s1. The molecule has 11 heteroatoms. The van der Waals surface area contributed by atoms with E-state index in [4.69, 9.17) is 21.3 Å². The molecule has 0 radical (unpaired) electrons. The Morgan fingerprint density at radius 2 is 2.14 bits per heavy atom. The van der Waals surface area contributed by atoms with Crippen molar-refractivity contribution in [3.63, 3.8) is 0 Å². The molecule has 0 aliphatic carbocycles. The van der Waals surface area contributed by atoms with E-state index in [1.165, 1.54) is 6.20 Å². The van der Waals surface area contributed by atoms with E-state index in [1.807, 2.05) is 31.9 Å². The Hall–Kier alpha value is -3.37. The first-order chi connectivity index (χ1) is 16.8. The number of halogens is 1. The molecule has 0 saturated carbocycles. The number of aryl methyl sites for hydroxylation is 2. The molecule has 4 rings (SSSR count). The quantitative estimate of drug-likeness (QED) is 0.432. The molecule has 1 aliphatic rings. The lowest BCUT2D eigenvalue weighted by atomic mass is 10.2. The summed E-state index contributed by atoms with van der Waals surface area (Å²) in [5.74, 6) is 1.11. The van der Waals surface area contributed by atoms with Crippen LogP contribution in [0.1, 0.15) is 40.2 Å². The number of aliphatic hydroxyl groups excluding tert-OH is 1. The van der Waals surface area contributed by atoms with E-state index in [0.29, 0.717) is 40.3 Å². The fourth-order valence-corrected chi connectivity index (χ4v) is 4.52. The minimum atomic E-state index is -0.342. The Morgan fingerprint density at radius 3 is 2.80 bits per heavy atom. The third kappa shape index (κ3) is 5.18. The third-order valence-electron chi connectivity index (χ3n) is 6.29. The highest BCUT2D eigenvalue weighted by atomic mass is 35.5. The minimum Gasteiger partial charge on any atom is -0.495 e. The molecular weight excluding hydrogens is 470 g/mol. The molecule has 2 aromatic heterocycles. The van der Waals surface area contributed by atoms with E-state index in [1.54, 1.807) is 23.9 Å². The first-order valence-electron chi connectivity index (χ1n) is 11.4. The van der Waals surface area contributed by atoms with Crippen LogP contribution in [0.3, 0.4) is 0 Å². The summed E-state index contributed by atoms with van der Waals surface area (Å²) in [6.45, 7) is 4.90. The molecule has 1 fully saturated rings. The van der Waals surface area contributed by atoms with E-state index in [0.717, 1.165) is 36.3 Å². The summed E-state index contributed by atoms with van der Waals surface area (Å²) in [5, 5.41) is 20.8. The number of benzene rings is 1. The highest BCUT2D eigenvalue weighted by Gasteiger charge is 2.27. The van der Waals surface area contributed by atoms with Gasteiger partial charge < -0.3 is 25.4 Å². The Morgan fingerprint density at radius 1 is 1.34 bits per heavy atom. The molecule has 0 unspecified atom stereocenters. The van der Waals surface area contributed by atoms with Crippen LogP contribution in [0.15, 0.2) is 24.4 Å². The van der Waals surface area contributed by atoms with Crippen molar-refractivity contribution >= 4 is 35.0 Å². The van der Waals surface area contributed by atoms with Gasteiger partial charge in [0, 0.05) is 26.3 Å². The van der Waals surface area contributed by atoms with E-state index in [-0.39, 0.29) is 18.6 Å². The molecule has 10 nitrogen and oxygen atoms in total. The molecule has 1 saturated heterocycles. The summed E-state index contributed by atoms with van der Waals surface area (Å²) < 4.78 is 6.95. The number of carbonyl (C=O) groups excluding carboxylic acids is 1. The van der Waals surface area contributed by atoms with Gasteiger partial charge in [-0.3, -0.25) is 9.48 Å². The van der Waals surface area contributed by atoms with Crippen molar-refractivity contribution in [3.05, 3.63) is 51.9 Å². The lowest BCUT2D eigenvalue weighted by molar-refractivity contribution is 0.102. The molecule has 1 aromatic carbocycles. The van der Waals surface area contributed by atoms with Crippen molar-refractivity contribution in [3.8, 4) is 5.75 Å². The van der Waals surface area contributed by atoms with E-state index < -0.39 is 0 Å². The van der Waals surface area contributed by atoms with Crippen molar-refractivity contribution in [1.82, 2.24) is 19.7 Å². The number of aliphatic hydroxyl groups is 1. The van der Waals surface area contributed by atoms with Crippen LogP contribution < -0.4 is 20.3 Å². The van der Waals surface area contributed by atoms with Crippen LogP contribution in [-0.2, 0) is 13.6 Å². The topological polar surface area (TPSA) is 117 Å². The first kappa shape index (κ1) is 24.7. The first-order valence-corrected chi connectivity index (χ1v) is 11.8. The maximum atomic E-state index is 13.3. The number of nitrogens with zero attached hydrogens (tertiary/aromatic N) is 5. The molecule has 3 aromatic rings. The molecule has 1 aliphatic heterocycles. The maximum absolute atomic E-state index is 13.3. The van der Waals surface area contributed by atoms with Gasteiger partial charge in [0.15, 0.2) is 0 Å². The van der Waals surface area contributed by atoms with Crippen molar-refractivity contribution in [2.75, 3.05) is 35.8 Å². The van der Waals surface area contributed by atoms with Crippen molar-refractivity contribution in [2.24, 2.45) is 7.05 Å². The lowest BCUT2D eigenvalue weighted by Crippen LogP contribution is -2.33. The van der Waals surface area contributed by atoms with Gasteiger partial charge in [-0.15, -0.1) is 0 Å². The number of hydrogen-bond acceptors (Lipinski definition) is 8. The maximum Gasteiger partial charge on any atom is 0.261 e. The number of carbonyl (C=O) groups is 1. The summed E-state index contributed by atoms with van der Waals surface area (Å²) in [5.41, 5.74) is 3.43. The molecule has 1 amide bonds. The smallest absolute Gasteiger partial charge is 0.261 e. The van der Waals surface area contributed by atoms with Crippen LogP contribution in [0.5, 0.6) is 5.75 Å². The van der Waals surface area contributed by atoms with Gasteiger partial charge in [0.25, 0.3) is 5.91 Å². The van der Waals surface area contributed by atoms with Gasteiger partial charge in [0.2, 0.25) is 5.95 Å². The number of rotatable bonds is 8. The van der Waals surface area contributed by atoms with Crippen LogP contribution in [0.2, 0.25) is 5.02 Å². The third-order valence-corrected chi connectivity index (χ3v) is 6.58. The van der Waals surface area contributed by atoms with Gasteiger partial charge >= 0.3 is 0 Å². The Labute approximate surface area is 209 Å². The number of amides is 1. The summed E-state index contributed by atoms with van der Waals surface area (Å²) in [7, 11) is 3.40. The fourth-order valence-electron chi connectivity index (χ4n) is 4.24. The van der Waals surface area contributed by atoms with Gasteiger partial charge in [-0.2, -0.15) is 10.1 Å². The Kier molecular flexibility index (Phi) is 7.42. The second kappa shape index (κ2) is 10.5.